The summed E-state index contributed by atoms with van der Waals surface area (Å²) in [5, 5.41) is 9.22. The van der Waals surface area contributed by atoms with Gasteiger partial charge in [0.1, 0.15) is 11.6 Å². The van der Waals surface area contributed by atoms with Crippen molar-refractivity contribution in [2.75, 3.05) is 0 Å². The summed E-state index contributed by atoms with van der Waals surface area (Å²) in [6.45, 7) is 5.03. The van der Waals surface area contributed by atoms with Crippen molar-refractivity contribution >= 4 is 21.9 Å². The van der Waals surface area contributed by atoms with E-state index in [1.807, 2.05) is 0 Å². The minimum atomic E-state index is -1.38. The summed E-state index contributed by atoms with van der Waals surface area (Å²) in [5.41, 5.74) is 4.79. The molecule has 1 aromatic carbocycles. The van der Waals surface area contributed by atoms with Crippen LogP contribution in [0, 0.1) is 11.6 Å². The highest BCUT2D eigenvalue weighted by Crippen LogP contribution is 2.31. The quantitative estimate of drug-likeness (QED) is 0.648. The summed E-state index contributed by atoms with van der Waals surface area (Å²) < 4.78 is 32.0. The Kier molecular flexibility index (Phi) is 5.10. The van der Waals surface area contributed by atoms with Crippen molar-refractivity contribution in [3.63, 3.8) is 0 Å². The van der Waals surface area contributed by atoms with Crippen molar-refractivity contribution in [2.24, 2.45) is 5.73 Å². The maximum Gasteiger partial charge on any atom is 0.323 e. The Morgan fingerprint density at radius 3 is 2.50 bits per heavy atom. The molecular weight excluding hydrogens is 336 g/mol. The number of ether oxygens (including phenoxy) is 1. The number of hydrogen-bond donors (Lipinski definition) is 2. The van der Waals surface area contributed by atoms with E-state index in [-0.39, 0.29) is 16.5 Å². The van der Waals surface area contributed by atoms with Gasteiger partial charge in [-0.2, -0.15) is 4.39 Å². The summed E-state index contributed by atoms with van der Waals surface area (Å²) in [6, 6.07) is 0.0531. The highest BCUT2D eigenvalue weighted by Gasteiger charge is 2.25. The van der Waals surface area contributed by atoms with Crippen LogP contribution in [0.15, 0.2) is 10.5 Å². The molecule has 0 fully saturated rings. The number of hydrogen-bond acceptors (Lipinski definition) is 4. The van der Waals surface area contributed by atoms with Crippen molar-refractivity contribution in [1.82, 2.24) is 0 Å². The van der Waals surface area contributed by atoms with Gasteiger partial charge in [0.15, 0.2) is 11.6 Å². The Hall–Kier alpha value is -1.21. The molecule has 3 N–H and O–H groups in total. The Balaban J connectivity index is 2.92. The van der Waals surface area contributed by atoms with Crippen molar-refractivity contribution in [2.45, 2.75) is 38.8 Å². The van der Waals surface area contributed by atoms with E-state index in [9.17, 15) is 18.7 Å². The number of rotatable bonds is 3. The first-order valence-corrected chi connectivity index (χ1v) is 6.66. The molecule has 0 spiro atoms. The fourth-order valence-electron chi connectivity index (χ4n) is 1.48. The van der Waals surface area contributed by atoms with Gasteiger partial charge in [0.05, 0.1) is 4.47 Å². The van der Waals surface area contributed by atoms with E-state index in [1.54, 1.807) is 20.8 Å². The summed E-state index contributed by atoms with van der Waals surface area (Å²) >= 11 is 2.89. The second-order valence-electron chi connectivity index (χ2n) is 5.34. The molecule has 0 saturated carbocycles. The third-order valence-corrected chi connectivity index (χ3v) is 2.96. The van der Waals surface area contributed by atoms with Crippen molar-refractivity contribution in [3.8, 4) is 5.75 Å². The predicted octanol–water partition coefficient (Wildman–Crippen LogP) is 2.64. The number of phenols is 1. The smallest absolute Gasteiger partial charge is 0.323 e. The second kappa shape index (κ2) is 6.05. The number of nitrogens with two attached hydrogens (primary N) is 1. The molecule has 1 unspecified atom stereocenters. The average molecular weight is 352 g/mol. The summed E-state index contributed by atoms with van der Waals surface area (Å²) in [6.07, 6.45) is -0.240. The van der Waals surface area contributed by atoms with Crippen LogP contribution in [0.5, 0.6) is 5.75 Å². The third kappa shape index (κ3) is 4.14. The zero-order valence-electron chi connectivity index (χ0n) is 11.3. The van der Waals surface area contributed by atoms with Crippen LogP contribution in [0.2, 0.25) is 0 Å². The molecule has 0 aliphatic heterocycles. The van der Waals surface area contributed by atoms with Gasteiger partial charge in [0.25, 0.3) is 0 Å². The topological polar surface area (TPSA) is 72.5 Å². The van der Waals surface area contributed by atoms with Crippen LogP contribution in [-0.4, -0.2) is 22.7 Å². The molecule has 0 heterocycles. The van der Waals surface area contributed by atoms with Gasteiger partial charge in [-0.15, -0.1) is 0 Å². The fourth-order valence-corrected chi connectivity index (χ4v) is 1.93. The Morgan fingerprint density at radius 1 is 1.45 bits per heavy atom. The van der Waals surface area contributed by atoms with Gasteiger partial charge < -0.3 is 15.6 Å². The van der Waals surface area contributed by atoms with Crippen LogP contribution in [0.1, 0.15) is 26.3 Å². The van der Waals surface area contributed by atoms with Gasteiger partial charge in [-0.1, -0.05) is 0 Å². The molecule has 4 nitrogen and oxygen atoms in total. The minimum absolute atomic E-state index is 0.0113. The number of phenolic OH excluding ortho intramolecular Hbond substituents is 1. The van der Waals surface area contributed by atoms with Crippen molar-refractivity contribution in [1.29, 1.82) is 0 Å². The lowest BCUT2D eigenvalue weighted by Gasteiger charge is -2.22. The standard InChI is InChI=1S/C13H16BrF2NO3/c1-13(2,3)20-12(19)8(17)5-6-4-7(14)11(18)10(16)9(6)15/h4,8,18H,5,17H2,1-3H3. The Morgan fingerprint density at radius 2 is 2.00 bits per heavy atom. The highest BCUT2D eigenvalue weighted by molar-refractivity contribution is 9.10. The highest BCUT2D eigenvalue weighted by atomic mass is 79.9. The lowest BCUT2D eigenvalue weighted by molar-refractivity contribution is -0.156. The largest absolute Gasteiger partial charge is 0.504 e. The lowest BCUT2D eigenvalue weighted by Crippen LogP contribution is -2.39. The molecule has 0 aliphatic carbocycles. The number of esters is 1. The Labute approximate surface area is 124 Å². The number of halogens is 3. The van der Waals surface area contributed by atoms with Gasteiger partial charge in [0.2, 0.25) is 5.82 Å². The first-order valence-electron chi connectivity index (χ1n) is 5.86. The predicted molar refractivity (Wildman–Crippen MR) is 73.2 cm³/mol. The van der Waals surface area contributed by atoms with Crippen LogP contribution in [0.4, 0.5) is 8.78 Å². The van der Waals surface area contributed by atoms with E-state index in [4.69, 9.17) is 10.5 Å². The van der Waals surface area contributed by atoms with E-state index in [0.717, 1.165) is 0 Å². The number of aromatic hydroxyl groups is 1. The maximum absolute atomic E-state index is 13.6. The monoisotopic (exact) mass is 351 g/mol. The number of carbonyl (C=O) groups is 1. The number of carbonyl (C=O) groups excluding carboxylic acids is 1. The minimum Gasteiger partial charge on any atom is -0.504 e. The van der Waals surface area contributed by atoms with Gasteiger partial charge >= 0.3 is 5.97 Å². The summed E-state index contributed by atoms with van der Waals surface area (Å²) in [7, 11) is 0. The Bertz CT molecular complexity index is 529. The molecule has 20 heavy (non-hydrogen) atoms. The molecule has 0 aromatic heterocycles. The van der Waals surface area contributed by atoms with Crippen molar-refractivity contribution in [3.05, 3.63) is 27.7 Å². The second-order valence-corrected chi connectivity index (χ2v) is 6.19. The van der Waals surface area contributed by atoms with Gasteiger partial charge in [-0.25, -0.2) is 4.39 Å². The van der Waals surface area contributed by atoms with Gasteiger partial charge in [-0.05, 0) is 48.3 Å². The average Bonchev–Trinajstić information content (AvgIpc) is 2.31. The number of benzene rings is 1. The van der Waals surface area contributed by atoms with E-state index >= 15 is 0 Å². The van der Waals surface area contributed by atoms with Crippen LogP contribution in [0.3, 0.4) is 0 Å². The summed E-state index contributed by atoms with van der Waals surface area (Å²) in [5.74, 6) is -4.14. The van der Waals surface area contributed by atoms with Crippen molar-refractivity contribution < 1.29 is 23.4 Å². The zero-order chi connectivity index (χ0) is 15.7. The van der Waals surface area contributed by atoms with E-state index in [2.05, 4.69) is 15.9 Å². The van der Waals surface area contributed by atoms with E-state index in [0.29, 0.717) is 0 Å². The molecular formula is C13H16BrF2NO3. The summed E-state index contributed by atoms with van der Waals surface area (Å²) in [4.78, 5) is 11.7. The zero-order valence-corrected chi connectivity index (χ0v) is 12.9. The molecule has 112 valence electrons. The molecule has 1 aromatic rings. The van der Waals surface area contributed by atoms with E-state index in [1.165, 1.54) is 6.07 Å². The first kappa shape index (κ1) is 16.8. The maximum atomic E-state index is 13.6. The van der Waals surface area contributed by atoms with E-state index < -0.39 is 35.0 Å². The molecule has 7 heteroatoms. The molecule has 0 saturated heterocycles. The third-order valence-electron chi connectivity index (χ3n) is 2.36. The molecule has 0 aliphatic rings. The first-order chi connectivity index (χ1) is 9.03. The van der Waals surface area contributed by atoms with Gasteiger partial charge in [-0.3, -0.25) is 4.79 Å². The van der Waals surface area contributed by atoms with Gasteiger partial charge in [0, 0.05) is 6.42 Å². The molecule has 0 radical (unpaired) electrons. The fraction of sp³-hybridized carbons (Fsp3) is 0.462. The van der Waals surface area contributed by atoms with Crippen LogP contribution < -0.4 is 5.73 Å². The molecule has 0 amide bonds. The molecule has 1 rings (SSSR count). The normalized spacial score (nSPS) is 13.2. The van der Waals surface area contributed by atoms with Crippen LogP contribution >= 0.6 is 15.9 Å². The molecule has 1 atom stereocenters. The lowest BCUT2D eigenvalue weighted by atomic mass is 10.0. The van der Waals surface area contributed by atoms with Crippen LogP contribution in [-0.2, 0) is 16.0 Å². The molecule has 0 bridgehead atoms. The SMILES string of the molecule is CC(C)(C)OC(=O)C(N)Cc1cc(Br)c(O)c(F)c1F. The van der Waals surface area contributed by atoms with Crippen LogP contribution in [0.25, 0.3) is 0 Å².